The molecule has 19 heavy (non-hydrogen) atoms. The SMILES string of the molecule is CCNc1cc(=O)n(C)c2c1c(=O)n(C)c(=O)n2C. The van der Waals surface area contributed by atoms with Gasteiger partial charge in [0, 0.05) is 33.8 Å². The van der Waals surface area contributed by atoms with Crippen molar-refractivity contribution >= 4 is 16.7 Å². The molecule has 2 aromatic heterocycles. The van der Waals surface area contributed by atoms with E-state index in [-0.39, 0.29) is 5.56 Å². The maximum atomic E-state index is 12.3. The van der Waals surface area contributed by atoms with Gasteiger partial charge in [-0.05, 0) is 6.92 Å². The Kier molecular flexibility index (Phi) is 3.05. The lowest BCUT2D eigenvalue weighted by molar-refractivity contribution is 0.689. The van der Waals surface area contributed by atoms with E-state index in [0.717, 1.165) is 4.57 Å². The monoisotopic (exact) mass is 264 g/mol. The van der Waals surface area contributed by atoms with Gasteiger partial charge in [-0.25, -0.2) is 4.79 Å². The van der Waals surface area contributed by atoms with Crippen molar-refractivity contribution in [3.05, 3.63) is 37.3 Å². The first-order chi connectivity index (χ1) is 8.90. The number of fused-ring (bicyclic) bond motifs is 1. The van der Waals surface area contributed by atoms with Crippen molar-refractivity contribution in [1.29, 1.82) is 0 Å². The topological polar surface area (TPSA) is 78.0 Å². The van der Waals surface area contributed by atoms with Crippen LogP contribution >= 0.6 is 0 Å². The maximum Gasteiger partial charge on any atom is 0.332 e. The number of nitrogens with one attached hydrogen (secondary N) is 1. The lowest BCUT2D eigenvalue weighted by Crippen LogP contribution is -2.39. The molecule has 0 bridgehead atoms. The van der Waals surface area contributed by atoms with E-state index in [4.69, 9.17) is 0 Å². The Morgan fingerprint density at radius 2 is 1.68 bits per heavy atom. The summed E-state index contributed by atoms with van der Waals surface area (Å²) < 4.78 is 3.64. The van der Waals surface area contributed by atoms with Crippen LogP contribution in [0.5, 0.6) is 0 Å². The van der Waals surface area contributed by atoms with Gasteiger partial charge in [0.25, 0.3) is 11.1 Å². The summed E-state index contributed by atoms with van der Waals surface area (Å²) in [5, 5.41) is 3.33. The Morgan fingerprint density at radius 3 is 2.26 bits per heavy atom. The first-order valence-electron chi connectivity index (χ1n) is 5.93. The molecule has 0 aromatic carbocycles. The van der Waals surface area contributed by atoms with E-state index >= 15 is 0 Å². The zero-order valence-electron chi connectivity index (χ0n) is 11.4. The lowest BCUT2D eigenvalue weighted by Gasteiger charge is -2.14. The molecule has 1 N–H and O–H groups in total. The summed E-state index contributed by atoms with van der Waals surface area (Å²) >= 11 is 0. The van der Waals surface area contributed by atoms with Crippen molar-refractivity contribution in [2.24, 2.45) is 21.1 Å². The van der Waals surface area contributed by atoms with Crippen LogP contribution < -0.4 is 22.1 Å². The van der Waals surface area contributed by atoms with Crippen LogP contribution in [-0.4, -0.2) is 20.2 Å². The molecule has 0 saturated carbocycles. The second-order valence-electron chi connectivity index (χ2n) is 4.39. The molecule has 7 nitrogen and oxygen atoms in total. The Bertz CT molecular complexity index is 826. The highest BCUT2D eigenvalue weighted by Crippen LogP contribution is 2.15. The number of nitrogens with zero attached hydrogens (tertiary/aromatic N) is 3. The van der Waals surface area contributed by atoms with Gasteiger partial charge >= 0.3 is 5.69 Å². The molecule has 0 radical (unpaired) electrons. The quantitative estimate of drug-likeness (QED) is 0.783. The zero-order chi connectivity index (χ0) is 14.3. The average molecular weight is 264 g/mol. The van der Waals surface area contributed by atoms with Crippen LogP contribution in [0.25, 0.3) is 11.0 Å². The second-order valence-corrected chi connectivity index (χ2v) is 4.39. The van der Waals surface area contributed by atoms with Crippen molar-refractivity contribution in [2.75, 3.05) is 11.9 Å². The molecule has 2 rings (SSSR count). The highest BCUT2D eigenvalue weighted by atomic mass is 16.2. The van der Waals surface area contributed by atoms with Gasteiger partial charge in [0.15, 0.2) is 0 Å². The molecular weight excluding hydrogens is 248 g/mol. The van der Waals surface area contributed by atoms with Gasteiger partial charge in [0.2, 0.25) is 0 Å². The lowest BCUT2D eigenvalue weighted by atomic mass is 10.2. The largest absolute Gasteiger partial charge is 0.384 e. The molecule has 0 aliphatic rings. The van der Waals surface area contributed by atoms with Crippen LogP contribution in [0.1, 0.15) is 6.92 Å². The predicted octanol–water partition coefficient (Wildman–Crippen LogP) is -0.632. The molecule has 0 spiro atoms. The normalized spacial score (nSPS) is 10.9. The number of aromatic nitrogens is 3. The highest BCUT2D eigenvalue weighted by Gasteiger charge is 2.15. The smallest absolute Gasteiger partial charge is 0.332 e. The number of rotatable bonds is 2. The predicted molar refractivity (Wildman–Crippen MR) is 73.8 cm³/mol. The molecule has 2 heterocycles. The fraction of sp³-hybridized carbons (Fsp3) is 0.417. The molecule has 0 fully saturated rings. The third kappa shape index (κ3) is 1.78. The van der Waals surface area contributed by atoms with E-state index in [1.54, 1.807) is 14.1 Å². The summed E-state index contributed by atoms with van der Waals surface area (Å²) in [5.74, 6) is 0. The molecule has 0 aliphatic carbocycles. The van der Waals surface area contributed by atoms with Crippen LogP contribution in [0.15, 0.2) is 20.4 Å². The van der Waals surface area contributed by atoms with Gasteiger partial charge in [-0.1, -0.05) is 0 Å². The number of aryl methyl sites for hydroxylation is 2. The second kappa shape index (κ2) is 4.42. The van der Waals surface area contributed by atoms with Crippen molar-refractivity contribution in [1.82, 2.24) is 13.7 Å². The summed E-state index contributed by atoms with van der Waals surface area (Å²) in [6.45, 7) is 2.45. The van der Waals surface area contributed by atoms with Gasteiger partial charge in [0.05, 0.1) is 5.69 Å². The van der Waals surface area contributed by atoms with E-state index in [2.05, 4.69) is 5.32 Å². The first kappa shape index (κ1) is 13.1. The molecule has 0 unspecified atom stereocenters. The van der Waals surface area contributed by atoms with E-state index in [1.807, 2.05) is 6.92 Å². The van der Waals surface area contributed by atoms with Crippen LogP contribution in [0, 0.1) is 0 Å². The van der Waals surface area contributed by atoms with Gasteiger partial charge in [0.1, 0.15) is 11.0 Å². The minimum atomic E-state index is -0.457. The zero-order valence-corrected chi connectivity index (χ0v) is 11.4. The summed E-state index contributed by atoms with van der Waals surface area (Å²) in [7, 11) is 4.50. The van der Waals surface area contributed by atoms with Crippen molar-refractivity contribution in [2.45, 2.75) is 6.92 Å². The Balaban J connectivity index is 3.19. The third-order valence-corrected chi connectivity index (χ3v) is 3.19. The molecular formula is C12H16N4O3. The van der Waals surface area contributed by atoms with E-state index in [0.29, 0.717) is 23.3 Å². The highest BCUT2D eigenvalue weighted by molar-refractivity contribution is 5.88. The average Bonchev–Trinajstić information content (AvgIpc) is 2.38. The van der Waals surface area contributed by atoms with Crippen molar-refractivity contribution in [3.63, 3.8) is 0 Å². The van der Waals surface area contributed by atoms with Crippen LogP contribution in [0.2, 0.25) is 0 Å². The molecule has 2 aromatic rings. The summed E-state index contributed by atoms with van der Waals surface area (Å²) in [6.07, 6.45) is 0. The molecule has 7 heteroatoms. The minimum absolute atomic E-state index is 0.272. The molecule has 0 atom stereocenters. The standard InChI is InChI=1S/C12H16N4O3/c1-5-13-7-6-8(17)14(2)10-9(7)11(18)16(4)12(19)15(10)3/h6,13H,5H2,1-4H3. The van der Waals surface area contributed by atoms with Gasteiger partial charge in [-0.15, -0.1) is 0 Å². The number of hydrogen-bond acceptors (Lipinski definition) is 4. The van der Waals surface area contributed by atoms with Gasteiger partial charge in [-0.2, -0.15) is 0 Å². The fourth-order valence-electron chi connectivity index (χ4n) is 2.19. The van der Waals surface area contributed by atoms with Gasteiger partial charge in [-0.3, -0.25) is 23.3 Å². The van der Waals surface area contributed by atoms with Gasteiger partial charge < -0.3 is 5.32 Å². The van der Waals surface area contributed by atoms with E-state index in [9.17, 15) is 14.4 Å². The fourth-order valence-corrected chi connectivity index (χ4v) is 2.19. The van der Waals surface area contributed by atoms with Crippen LogP contribution in [0.3, 0.4) is 0 Å². The Hall–Kier alpha value is -2.31. The third-order valence-electron chi connectivity index (χ3n) is 3.19. The van der Waals surface area contributed by atoms with Crippen LogP contribution in [-0.2, 0) is 21.1 Å². The first-order valence-corrected chi connectivity index (χ1v) is 5.93. The Labute approximate surface area is 108 Å². The van der Waals surface area contributed by atoms with Crippen molar-refractivity contribution < 1.29 is 0 Å². The maximum absolute atomic E-state index is 12.3. The molecule has 0 saturated heterocycles. The number of hydrogen-bond donors (Lipinski definition) is 1. The van der Waals surface area contributed by atoms with Crippen LogP contribution in [0.4, 0.5) is 5.69 Å². The summed E-state index contributed by atoms with van der Waals surface area (Å²) in [6, 6.07) is 1.37. The Morgan fingerprint density at radius 1 is 1.05 bits per heavy atom. The van der Waals surface area contributed by atoms with Crippen molar-refractivity contribution in [3.8, 4) is 0 Å². The molecule has 102 valence electrons. The summed E-state index contributed by atoms with van der Waals surface area (Å²) in [5.41, 5.74) is -0.370. The van der Waals surface area contributed by atoms with E-state index < -0.39 is 11.2 Å². The number of pyridine rings is 1. The molecule has 0 aliphatic heterocycles. The van der Waals surface area contributed by atoms with E-state index in [1.165, 1.54) is 22.2 Å². The summed E-state index contributed by atoms with van der Waals surface area (Å²) in [4.78, 5) is 36.1. The minimum Gasteiger partial charge on any atom is -0.384 e. The number of anilines is 1. The molecule has 0 amide bonds.